The van der Waals surface area contributed by atoms with E-state index in [-0.39, 0.29) is 5.78 Å². The second-order valence-corrected chi connectivity index (χ2v) is 9.37. The van der Waals surface area contributed by atoms with Gasteiger partial charge in [-0.05, 0) is 68.8 Å². The van der Waals surface area contributed by atoms with Crippen molar-refractivity contribution in [1.29, 1.82) is 0 Å². The van der Waals surface area contributed by atoms with Gasteiger partial charge in [0, 0.05) is 14.7 Å². The first kappa shape index (κ1) is 20.0. The normalized spacial score (nSPS) is 14.4. The molecular formula is C26H24INO. The Balaban J connectivity index is 2.03. The number of hydrogen-bond donors (Lipinski definition) is 0. The van der Waals surface area contributed by atoms with Gasteiger partial charge in [0.15, 0.2) is 0 Å². The third-order valence-corrected chi connectivity index (χ3v) is 6.08. The van der Waals surface area contributed by atoms with E-state index in [0.717, 1.165) is 27.9 Å². The molecule has 29 heavy (non-hydrogen) atoms. The molecule has 0 amide bonds. The van der Waals surface area contributed by atoms with Crippen LogP contribution in [-0.2, 0) is 0 Å². The Bertz CT molecular complexity index is 1110. The molecule has 3 aromatic rings. The molecule has 3 aromatic carbocycles. The summed E-state index contributed by atoms with van der Waals surface area (Å²) in [4.78, 5) is 18.6. The minimum atomic E-state index is 0.00209. The molecule has 146 valence electrons. The average molecular weight is 493 g/mol. The fourth-order valence-corrected chi connectivity index (χ4v) is 4.64. The highest BCUT2D eigenvalue weighted by Crippen LogP contribution is 2.39. The summed E-state index contributed by atoms with van der Waals surface area (Å²) < 4.78 is 1.21. The van der Waals surface area contributed by atoms with Crippen LogP contribution in [0, 0.1) is 3.57 Å². The quantitative estimate of drug-likeness (QED) is 0.347. The minimum Gasteiger partial charge on any atom is -0.287 e. The van der Waals surface area contributed by atoms with Crippen molar-refractivity contribution in [3.63, 3.8) is 0 Å². The van der Waals surface area contributed by atoms with E-state index in [0.29, 0.717) is 17.5 Å². The molecule has 0 spiro atoms. The summed E-state index contributed by atoms with van der Waals surface area (Å²) in [5, 5.41) is 0. The standard InChI is InChI=1S/C26H24INO/c1-15(2)22-13-17(27)14-23(16(3)4)24(22)28-25-20-11-7-5-9-18(20)19-10-6-8-12-21(19)26(25)29/h5-16H,1-4H3. The molecular weight excluding hydrogens is 469 g/mol. The summed E-state index contributed by atoms with van der Waals surface area (Å²) in [5.41, 5.74) is 7.59. The summed E-state index contributed by atoms with van der Waals surface area (Å²) in [7, 11) is 0. The van der Waals surface area contributed by atoms with Crippen molar-refractivity contribution in [3.8, 4) is 11.1 Å². The van der Waals surface area contributed by atoms with E-state index < -0.39 is 0 Å². The van der Waals surface area contributed by atoms with Crippen molar-refractivity contribution in [2.75, 3.05) is 0 Å². The first-order chi connectivity index (χ1) is 13.9. The third kappa shape index (κ3) is 3.57. The Morgan fingerprint density at radius 3 is 1.69 bits per heavy atom. The number of fused-ring (bicyclic) bond motifs is 3. The summed E-state index contributed by atoms with van der Waals surface area (Å²) >= 11 is 2.37. The lowest BCUT2D eigenvalue weighted by atomic mass is 9.83. The van der Waals surface area contributed by atoms with Gasteiger partial charge in [-0.3, -0.25) is 4.79 Å². The lowest BCUT2D eigenvalue weighted by Gasteiger charge is -2.22. The zero-order valence-corrected chi connectivity index (χ0v) is 19.3. The second kappa shape index (κ2) is 7.86. The average Bonchev–Trinajstić information content (AvgIpc) is 2.71. The van der Waals surface area contributed by atoms with Crippen LogP contribution in [0.4, 0.5) is 5.69 Å². The van der Waals surface area contributed by atoms with Crippen LogP contribution in [0.3, 0.4) is 0 Å². The maximum absolute atomic E-state index is 13.5. The SMILES string of the molecule is CC(C)c1cc(I)cc(C(C)C)c1N=C1C(=O)c2ccccc2-c2ccccc21. The van der Waals surface area contributed by atoms with Crippen molar-refractivity contribution in [3.05, 3.63) is 86.5 Å². The molecule has 1 aliphatic carbocycles. The van der Waals surface area contributed by atoms with Crippen LogP contribution in [0.25, 0.3) is 11.1 Å². The van der Waals surface area contributed by atoms with Crippen molar-refractivity contribution in [2.45, 2.75) is 39.5 Å². The lowest BCUT2D eigenvalue weighted by Crippen LogP contribution is -2.22. The van der Waals surface area contributed by atoms with E-state index >= 15 is 0 Å². The highest BCUT2D eigenvalue weighted by Gasteiger charge is 2.29. The number of aliphatic imine (C=N–C) groups is 1. The van der Waals surface area contributed by atoms with Crippen LogP contribution in [0.5, 0.6) is 0 Å². The summed E-state index contributed by atoms with van der Waals surface area (Å²) in [6.07, 6.45) is 0. The molecule has 0 saturated heterocycles. The first-order valence-corrected chi connectivity index (χ1v) is 11.1. The molecule has 0 heterocycles. The van der Waals surface area contributed by atoms with Gasteiger partial charge in [0.25, 0.3) is 0 Å². The number of halogens is 1. The highest BCUT2D eigenvalue weighted by atomic mass is 127. The molecule has 4 rings (SSSR count). The Morgan fingerprint density at radius 1 is 0.724 bits per heavy atom. The molecule has 1 aliphatic rings. The van der Waals surface area contributed by atoms with Crippen LogP contribution in [-0.4, -0.2) is 11.5 Å². The van der Waals surface area contributed by atoms with Gasteiger partial charge in [0.05, 0.1) is 5.69 Å². The van der Waals surface area contributed by atoms with E-state index in [2.05, 4.69) is 68.5 Å². The minimum absolute atomic E-state index is 0.00209. The zero-order valence-electron chi connectivity index (χ0n) is 17.2. The smallest absolute Gasteiger partial charge is 0.212 e. The predicted octanol–water partition coefficient (Wildman–Crippen LogP) is 7.52. The number of nitrogens with zero attached hydrogens (tertiary/aromatic N) is 1. The fraction of sp³-hybridized carbons (Fsp3) is 0.231. The number of carbonyl (C=O) groups excluding carboxylic acids is 1. The van der Waals surface area contributed by atoms with Crippen LogP contribution in [0.2, 0.25) is 0 Å². The molecule has 0 unspecified atom stereocenters. The first-order valence-electron chi connectivity index (χ1n) is 10.0. The highest BCUT2D eigenvalue weighted by molar-refractivity contribution is 14.1. The summed E-state index contributed by atoms with van der Waals surface area (Å²) in [5.74, 6) is 0.646. The fourth-order valence-electron chi connectivity index (χ4n) is 3.96. The molecule has 0 atom stereocenters. The Labute approximate surface area is 186 Å². The van der Waals surface area contributed by atoms with Gasteiger partial charge in [-0.1, -0.05) is 76.2 Å². The molecule has 0 aliphatic heterocycles. The monoisotopic (exact) mass is 493 g/mol. The number of rotatable bonds is 3. The molecule has 2 nitrogen and oxygen atoms in total. The van der Waals surface area contributed by atoms with Gasteiger partial charge < -0.3 is 0 Å². The molecule has 0 aromatic heterocycles. The maximum Gasteiger partial charge on any atom is 0.212 e. The summed E-state index contributed by atoms with van der Waals surface area (Å²) in [6, 6.07) is 20.3. The third-order valence-electron chi connectivity index (χ3n) is 5.46. The Kier molecular flexibility index (Phi) is 5.43. The number of ketones is 1. The van der Waals surface area contributed by atoms with E-state index in [9.17, 15) is 4.79 Å². The van der Waals surface area contributed by atoms with E-state index in [1.54, 1.807) is 0 Å². The van der Waals surface area contributed by atoms with Crippen molar-refractivity contribution in [1.82, 2.24) is 0 Å². The van der Waals surface area contributed by atoms with Crippen LogP contribution in [0.15, 0.2) is 65.7 Å². The van der Waals surface area contributed by atoms with E-state index in [4.69, 9.17) is 4.99 Å². The van der Waals surface area contributed by atoms with Crippen molar-refractivity contribution in [2.24, 2.45) is 4.99 Å². The summed E-state index contributed by atoms with van der Waals surface area (Å²) in [6.45, 7) is 8.74. The van der Waals surface area contributed by atoms with Gasteiger partial charge in [-0.2, -0.15) is 0 Å². The topological polar surface area (TPSA) is 29.4 Å². The molecule has 3 heteroatoms. The Morgan fingerprint density at radius 2 is 1.17 bits per heavy atom. The number of benzene rings is 3. The zero-order chi connectivity index (χ0) is 20.7. The maximum atomic E-state index is 13.5. The van der Waals surface area contributed by atoms with Gasteiger partial charge in [-0.25, -0.2) is 4.99 Å². The van der Waals surface area contributed by atoms with Crippen LogP contribution >= 0.6 is 22.6 Å². The molecule has 0 radical (unpaired) electrons. The van der Waals surface area contributed by atoms with E-state index in [1.165, 1.54) is 14.7 Å². The van der Waals surface area contributed by atoms with Crippen molar-refractivity contribution < 1.29 is 4.79 Å². The predicted molar refractivity (Wildman–Crippen MR) is 130 cm³/mol. The largest absolute Gasteiger partial charge is 0.287 e. The van der Waals surface area contributed by atoms with Gasteiger partial charge in [-0.15, -0.1) is 0 Å². The number of carbonyl (C=O) groups is 1. The van der Waals surface area contributed by atoms with Crippen LogP contribution < -0.4 is 0 Å². The van der Waals surface area contributed by atoms with Gasteiger partial charge in [0.1, 0.15) is 5.71 Å². The molecule has 0 saturated carbocycles. The number of Topliss-reactive ketones (excluding diaryl/α,β-unsaturated/α-hetero) is 1. The number of hydrogen-bond acceptors (Lipinski definition) is 2. The van der Waals surface area contributed by atoms with Gasteiger partial charge in [0.2, 0.25) is 5.78 Å². The molecule has 0 fully saturated rings. The lowest BCUT2D eigenvalue weighted by molar-refractivity contribution is 0.106. The molecule has 0 bridgehead atoms. The van der Waals surface area contributed by atoms with E-state index in [1.807, 2.05) is 42.5 Å². The van der Waals surface area contributed by atoms with Gasteiger partial charge >= 0.3 is 0 Å². The molecule has 0 N–H and O–H groups in total. The van der Waals surface area contributed by atoms with Crippen molar-refractivity contribution >= 4 is 39.8 Å². The van der Waals surface area contributed by atoms with Crippen LogP contribution in [0.1, 0.15) is 66.6 Å². The second-order valence-electron chi connectivity index (χ2n) is 8.12. The Hall–Kier alpha value is -2.27.